The molecule has 0 aromatic rings. The number of ether oxygens (including phenoxy) is 2. The number of hydrogen-bond donors (Lipinski definition) is 1. The van der Waals surface area contributed by atoms with Crippen LogP contribution in [0.25, 0.3) is 0 Å². The summed E-state index contributed by atoms with van der Waals surface area (Å²) in [7, 11) is -3.26. The zero-order valence-electron chi connectivity index (χ0n) is 15.4. The van der Waals surface area contributed by atoms with Crippen LogP contribution in [0.4, 0.5) is 0 Å². The lowest BCUT2D eigenvalue weighted by Crippen LogP contribution is -2.71. The molecule has 1 aliphatic carbocycles. The molecule has 1 saturated carbocycles. The highest BCUT2D eigenvalue weighted by Gasteiger charge is 2.69. The van der Waals surface area contributed by atoms with Gasteiger partial charge in [-0.25, -0.2) is 22.9 Å². The molecule has 2 bridgehead atoms. The summed E-state index contributed by atoms with van der Waals surface area (Å²) in [4.78, 5) is 11.8. The molecule has 4 saturated heterocycles. The van der Waals surface area contributed by atoms with Gasteiger partial charge in [0.15, 0.2) is 11.9 Å². The molecule has 4 aliphatic heterocycles. The average molecular weight is 375 g/mol. The van der Waals surface area contributed by atoms with Gasteiger partial charge in [-0.15, -0.1) is 0 Å². The quantitative estimate of drug-likeness (QED) is 0.757. The van der Waals surface area contributed by atoms with Gasteiger partial charge in [-0.1, -0.05) is 13.8 Å². The van der Waals surface area contributed by atoms with Crippen LogP contribution in [0.1, 0.15) is 46.5 Å². The highest BCUT2D eigenvalue weighted by atomic mass is 32.2. The van der Waals surface area contributed by atoms with Crippen LogP contribution in [0.15, 0.2) is 0 Å². The lowest BCUT2D eigenvalue weighted by molar-refractivity contribution is -0.570. The molecule has 5 aliphatic rings. The largest absolute Gasteiger partial charge is 0.344 e. The first-order chi connectivity index (χ1) is 11.6. The monoisotopic (exact) mass is 375 g/mol. The molecular formula is C17H29NO6S. The molecule has 5 rings (SSSR count). The number of hydrogen-bond acceptors (Lipinski definition) is 6. The third kappa shape index (κ3) is 2.85. The third-order valence-electron chi connectivity index (χ3n) is 6.84. The Morgan fingerprint density at radius 1 is 1.12 bits per heavy atom. The molecule has 8 atom stereocenters. The van der Waals surface area contributed by atoms with Crippen molar-refractivity contribution in [2.45, 2.75) is 70.2 Å². The Hall–Kier alpha value is -0.250. The van der Waals surface area contributed by atoms with Gasteiger partial charge in [0.25, 0.3) is 0 Å². The average Bonchev–Trinajstić information content (AvgIpc) is 2.75. The first kappa shape index (κ1) is 18.1. The van der Waals surface area contributed by atoms with Gasteiger partial charge in [-0.3, -0.25) is 0 Å². The summed E-state index contributed by atoms with van der Waals surface area (Å²) in [6.45, 7) is 6.55. The first-order valence-corrected chi connectivity index (χ1v) is 11.2. The van der Waals surface area contributed by atoms with Crippen LogP contribution in [0.2, 0.25) is 0 Å². The summed E-state index contributed by atoms with van der Waals surface area (Å²) < 4.78 is 38.1. The molecule has 0 amide bonds. The summed E-state index contributed by atoms with van der Waals surface area (Å²) in [5.74, 6) is 0.420. The predicted molar refractivity (Wildman–Crippen MR) is 89.7 cm³/mol. The van der Waals surface area contributed by atoms with E-state index in [1.807, 2.05) is 6.92 Å². The van der Waals surface area contributed by atoms with E-state index in [0.29, 0.717) is 11.8 Å². The van der Waals surface area contributed by atoms with Gasteiger partial charge < -0.3 is 9.47 Å². The van der Waals surface area contributed by atoms with Gasteiger partial charge in [0.1, 0.15) is 0 Å². The van der Waals surface area contributed by atoms with Gasteiger partial charge >= 0.3 is 0 Å². The zero-order valence-corrected chi connectivity index (χ0v) is 16.2. The molecule has 0 aromatic carbocycles. The summed E-state index contributed by atoms with van der Waals surface area (Å²) in [6.07, 6.45) is 4.33. The molecule has 7 nitrogen and oxygen atoms in total. The Labute approximate surface area is 149 Å². The topological polar surface area (TPSA) is 83.1 Å². The zero-order chi connectivity index (χ0) is 18.0. The van der Waals surface area contributed by atoms with Crippen molar-refractivity contribution < 1.29 is 27.7 Å². The molecule has 25 heavy (non-hydrogen) atoms. The SMILES string of the molecule is C[C@H]1[C@@H](CNS(C)(=O)=O)O[C@@H]2O[C@@]3(C)CC[C@H]4[C@H](C)CC[C@@H]1[C@@]24OO3. The maximum absolute atomic E-state index is 11.5. The van der Waals surface area contributed by atoms with E-state index in [1.54, 1.807) is 0 Å². The van der Waals surface area contributed by atoms with Crippen molar-refractivity contribution in [3.05, 3.63) is 0 Å². The third-order valence-corrected chi connectivity index (χ3v) is 7.53. The molecule has 8 heteroatoms. The van der Waals surface area contributed by atoms with Crippen LogP contribution < -0.4 is 4.72 Å². The Morgan fingerprint density at radius 2 is 1.88 bits per heavy atom. The molecule has 144 valence electrons. The van der Waals surface area contributed by atoms with Crippen molar-refractivity contribution in [3.63, 3.8) is 0 Å². The molecule has 0 unspecified atom stereocenters. The van der Waals surface area contributed by atoms with Crippen LogP contribution in [0, 0.1) is 23.7 Å². The van der Waals surface area contributed by atoms with E-state index in [-0.39, 0.29) is 24.5 Å². The van der Waals surface area contributed by atoms with E-state index in [9.17, 15) is 8.42 Å². The fraction of sp³-hybridized carbons (Fsp3) is 1.00. The van der Waals surface area contributed by atoms with Gasteiger partial charge in [0, 0.05) is 18.9 Å². The maximum atomic E-state index is 11.5. The fourth-order valence-corrected chi connectivity index (χ4v) is 5.91. The number of fused-ring (bicyclic) bond motifs is 2. The molecule has 4 heterocycles. The summed E-state index contributed by atoms with van der Waals surface area (Å²) >= 11 is 0. The van der Waals surface area contributed by atoms with Crippen molar-refractivity contribution in [3.8, 4) is 0 Å². The van der Waals surface area contributed by atoms with Crippen molar-refractivity contribution in [2.75, 3.05) is 12.8 Å². The smallest absolute Gasteiger partial charge is 0.208 e. The van der Waals surface area contributed by atoms with Crippen LogP contribution in [-0.4, -0.2) is 45.0 Å². The van der Waals surface area contributed by atoms with Gasteiger partial charge in [0.2, 0.25) is 15.8 Å². The van der Waals surface area contributed by atoms with Crippen LogP contribution in [0.5, 0.6) is 0 Å². The molecule has 0 aromatic heterocycles. The second-order valence-corrected chi connectivity index (χ2v) is 10.4. The second kappa shape index (κ2) is 5.87. The van der Waals surface area contributed by atoms with Gasteiger partial charge in [0.05, 0.1) is 12.4 Å². The van der Waals surface area contributed by atoms with E-state index >= 15 is 0 Å². The fourth-order valence-electron chi connectivity index (χ4n) is 5.45. The Bertz CT molecular complexity index is 641. The Balaban J connectivity index is 1.67. The van der Waals surface area contributed by atoms with E-state index < -0.39 is 27.7 Å². The summed E-state index contributed by atoms with van der Waals surface area (Å²) in [5, 5.41) is 0. The maximum Gasteiger partial charge on any atom is 0.208 e. The van der Waals surface area contributed by atoms with E-state index in [4.69, 9.17) is 19.2 Å². The normalized spacial score (nSPS) is 52.5. The van der Waals surface area contributed by atoms with Crippen molar-refractivity contribution in [1.29, 1.82) is 0 Å². The van der Waals surface area contributed by atoms with E-state index in [0.717, 1.165) is 25.7 Å². The van der Waals surface area contributed by atoms with E-state index in [2.05, 4.69) is 18.6 Å². The standard InChI is InChI=1S/C17H29NO6S/c1-10-5-6-13-11(2)14(9-18-25(4,19)20)21-15-17(13)12(10)7-8-16(3,22-15)23-24-17/h10-15,18H,5-9H2,1-4H3/t10-,11-,12+,13+,14-,15-,16-,17-/m1/s1. The lowest BCUT2D eigenvalue weighted by atomic mass is 9.57. The van der Waals surface area contributed by atoms with Crippen molar-refractivity contribution in [2.24, 2.45) is 23.7 Å². The van der Waals surface area contributed by atoms with Crippen LogP contribution in [0.3, 0.4) is 0 Å². The summed E-state index contributed by atoms with van der Waals surface area (Å²) in [6, 6.07) is 0. The summed E-state index contributed by atoms with van der Waals surface area (Å²) in [5.41, 5.74) is -0.589. The minimum atomic E-state index is -3.26. The van der Waals surface area contributed by atoms with Gasteiger partial charge in [-0.05, 0) is 43.9 Å². The molecule has 1 spiro atoms. The van der Waals surface area contributed by atoms with Crippen molar-refractivity contribution >= 4 is 10.0 Å². The number of nitrogens with one attached hydrogen (secondary N) is 1. The minimum absolute atomic E-state index is 0.148. The molecule has 5 fully saturated rings. The minimum Gasteiger partial charge on any atom is -0.344 e. The van der Waals surface area contributed by atoms with Crippen LogP contribution in [-0.2, 0) is 29.3 Å². The lowest BCUT2D eigenvalue weighted by Gasteiger charge is -2.60. The Kier molecular flexibility index (Phi) is 4.26. The molecule has 0 radical (unpaired) electrons. The highest BCUT2D eigenvalue weighted by Crippen LogP contribution is 2.60. The van der Waals surface area contributed by atoms with E-state index in [1.165, 1.54) is 6.26 Å². The number of sulfonamides is 1. The predicted octanol–water partition coefficient (Wildman–Crippen LogP) is 1.79. The van der Waals surface area contributed by atoms with Crippen LogP contribution >= 0.6 is 0 Å². The van der Waals surface area contributed by atoms with Crippen molar-refractivity contribution in [1.82, 2.24) is 4.72 Å². The molecule has 1 N–H and O–H groups in total. The number of rotatable bonds is 3. The molecular weight excluding hydrogens is 346 g/mol. The van der Waals surface area contributed by atoms with Gasteiger partial charge in [-0.2, -0.15) is 0 Å². The second-order valence-electron chi connectivity index (χ2n) is 8.56. The first-order valence-electron chi connectivity index (χ1n) is 9.29. The highest BCUT2D eigenvalue weighted by molar-refractivity contribution is 7.88. The Morgan fingerprint density at radius 3 is 2.60 bits per heavy atom.